The number of thiophene rings is 1. The average Bonchev–Trinajstić information content (AvgIpc) is 3.18. The Labute approximate surface area is 155 Å². The summed E-state index contributed by atoms with van der Waals surface area (Å²) in [5.41, 5.74) is 1.22. The van der Waals surface area contributed by atoms with Gasteiger partial charge in [0.2, 0.25) is 6.10 Å². The van der Waals surface area contributed by atoms with Crippen LogP contribution >= 0.6 is 11.3 Å². The van der Waals surface area contributed by atoms with Gasteiger partial charge in [0.05, 0.1) is 17.9 Å². The van der Waals surface area contributed by atoms with Crippen molar-refractivity contribution in [1.29, 1.82) is 0 Å². The van der Waals surface area contributed by atoms with Crippen molar-refractivity contribution in [2.24, 2.45) is 5.92 Å². The first kappa shape index (κ1) is 17.2. The fourth-order valence-electron chi connectivity index (χ4n) is 3.55. The molecule has 0 bridgehead atoms. The van der Waals surface area contributed by atoms with Crippen LogP contribution in [0.2, 0.25) is 0 Å². The standard InChI is InChI=1S/C18H21N3O4S/c1-10-11(2)26-16-14(10)15(19-9-20-16)21-6-3-12(4-7-21)17(22)25-13-5-8-24-18(13)23/h9,12-13H,3-8H2,1-2H3/t13-/m0/s1. The normalized spacial score (nSPS) is 21.2. The fourth-order valence-corrected chi connectivity index (χ4v) is 4.54. The first-order valence-electron chi connectivity index (χ1n) is 8.87. The summed E-state index contributed by atoms with van der Waals surface area (Å²) in [6.45, 7) is 6.00. The molecule has 0 saturated carbocycles. The Hall–Kier alpha value is -2.22. The predicted molar refractivity (Wildman–Crippen MR) is 97.3 cm³/mol. The quantitative estimate of drug-likeness (QED) is 0.762. The van der Waals surface area contributed by atoms with E-state index in [0.717, 1.165) is 29.1 Å². The Kier molecular flexibility index (Phi) is 4.52. The van der Waals surface area contributed by atoms with Gasteiger partial charge in [-0.3, -0.25) is 4.79 Å². The Balaban J connectivity index is 1.44. The highest BCUT2D eigenvalue weighted by atomic mass is 32.1. The van der Waals surface area contributed by atoms with Crippen LogP contribution in [0.5, 0.6) is 0 Å². The summed E-state index contributed by atoms with van der Waals surface area (Å²) in [7, 11) is 0. The van der Waals surface area contributed by atoms with Gasteiger partial charge in [0.1, 0.15) is 17.0 Å². The first-order valence-corrected chi connectivity index (χ1v) is 9.69. The van der Waals surface area contributed by atoms with Crippen LogP contribution < -0.4 is 4.90 Å². The second-order valence-electron chi connectivity index (χ2n) is 6.80. The number of rotatable bonds is 3. The molecule has 2 aromatic heterocycles. The minimum atomic E-state index is -0.724. The lowest BCUT2D eigenvalue weighted by Gasteiger charge is -2.32. The molecular formula is C18H21N3O4S. The molecule has 0 radical (unpaired) electrons. The number of hydrogen-bond donors (Lipinski definition) is 0. The molecule has 2 aliphatic heterocycles. The van der Waals surface area contributed by atoms with Crippen molar-refractivity contribution in [1.82, 2.24) is 9.97 Å². The largest absolute Gasteiger partial charge is 0.463 e. The molecule has 2 aromatic rings. The third-order valence-electron chi connectivity index (χ3n) is 5.22. The van der Waals surface area contributed by atoms with Crippen LogP contribution in [0.4, 0.5) is 5.82 Å². The van der Waals surface area contributed by atoms with E-state index < -0.39 is 12.1 Å². The van der Waals surface area contributed by atoms with Crippen molar-refractivity contribution in [2.75, 3.05) is 24.6 Å². The maximum atomic E-state index is 12.3. The van der Waals surface area contributed by atoms with Gasteiger partial charge in [-0.05, 0) is 32.3 Å². The minimum Gasteiger partial charge on any atom is -0.463 e. The van der Waals surface area contributed by atoms with Crippen LogP contribution in [0.1, 0.15) is 29.7 Å². The summed E-state index contributed by atoms with van der Waals surface area (Å²) in [6.07, 6.45) is 2.72. The van der Waals surface area contributed by atoms with Gasteiger partial charge < -0.3 is 14.4 Å². The number of piperidine rings is 1. The number of carbonyl (C=O) groups excluding carboxylic acids is 2. The molecule has 1 atom stereocenters. The molecule has 138 valence electrons. The van der Waals surface area contributed by atoms with Gasteiger partial charge >= 0.3 is 11.9 Å². The molecular weight excluding hydrogens is 354 g/mol. The van der Waals surface area contributed by atoms with Crippen molar-refractivity contribution in [3.63, 3.8) is 0 Å². The molecule has 4 rings (SSSR count). The van der Waals surface area contributed by atoms with E-state index in [-0.39, 0.29) is 11.9 Å². The lowest BCUT2D eigenvalue weighted by atomic mass is 9.96. The smallest absolute Gasteiger partial charge is 0.347 e. The fraction of sp³-hybridized carbons (Fsp3) is 0.556. The zero-order valence-corrected chi connectivity index (χ0v) is 15.7. The highest BCUT2D eigenvalue weighted by Gasteiger charge is 2.34. The van der Waals surface area contributed by atoms with Gasteiger partial charge in [-0.15, -0.1) is 11.3 Å². The van der Waals surface area contributed by atoms with Gasteiger partial charge in [0.15, 0.2) is 0 Å². The van der Waals surface area contributed by atoms with Gasteiger partial charge in [-0.2, -0.15) is 0 Å². The van der Waals surface area contributed by atoms with E-state index in [1.54, 1.807) is 17.7 Å². The van der Waals surface area contributed by atoms with Gasteiger partial charge in [-0.1, -0.05) is 0 Å². The zero-order valence-electron chi connectivity index (χ0n) is 14.9. The first-order chi connectivity index (χ1) is 12.5. The Morgan fingerprint density at radius 2 is 2.04 bits per heavy atom. The molecule has 4 heterocycles. The number of cyclic esters (lactones) is 1. The highest BCUT2D eigenvalue weighted by Crippen LogP contribution is 2.35. The van der Waals surface area contributed by atoms with Crippen molar-refractivity contribution in [3.8, 4) is 0 Å². The van der Waals surface area contributed by atoms with Crippen LogP contribution in [0.3, 0.4) is 0 Å². The van der Waals surface area contributed by atoms with Crippen LogP contribution in [-0.2, 0) is 19.1 Å². The predicted octanol–water partition coefficient (Wildman–Crippen LogP) is 2.38. The van der Waals surface area contributed by atoms with Gasteiger partial charge in [0, 0.05) is 24.4 Å². The number of esters is 2. The van der Waals surface area contributed by atoms with Crippen molar-refractivity contribution >= 4 is 39.3 Å². The minimum absolute atomic E-state index is 0.178. The monoisotopic (exact) mass is 375 g/mol. The van der Waals surface area contributed by atoms with Crippen molar-refractivity contribution in [3.05, 3.63) is 16.8 Å². The molecule has 7 nitrogen and oxygen atoms in total. The SMILES string of the molecule is Cc1sc2ncnc(N3CCC(C(=O)O[C@H]4CCOC4=O)CC3)c2c1C. The molecule has 0 N–H and O–H groups in total. The molecule has 0 spiro atoms. The maximum absolute atomic E-state index is 12.3. The summed E-state index contributed by atoms with van der Waals surface area (Å²) in [6, 6.07) is 0. The van der Waals surface area contributed by atoms with Gasteiger partial charge in [-0.25, -0.2) is 14.8 Å². The van der Waals surface area contributed by atoms with E-state index in [4.69, 9.17) is 9.47 Å². The molecule has 0 aliphatic carbocycles. The number of fused-ring (bicyclic) bond motifs is 1. The summed E-state index contributed by atoms with van der Waals surface area (Å²) in [5.74, 6) is 0.0525. The third-order valence-corrected chi connectivity index (χ3v) is 6.33. The average molecular weight is 375 g/mol. The van der Waals surface area contributed by atoms with Crippen molar-refractivity contribution in [2.45, 2.75) is 39.2 Å². The van der Waals surface area contributed by atoms with E-state index in [1.807, 2.05) is 0 Å². The number of carbonyl (C=O) groups is 2. The summed E-state index contributed by atoms with van der Waals surface area (Å²) in [4.78, 5) is 37.2. The van der Waals surface area contributed by atoms with Crippen LogP contribution in [0.15, 0.2) is 6.33 Å². The lowest BCUT2D eigenvalue weighted by Crippen LogP contribution is -2.38. The number of aromatic nitrogens is 2. The number of aryl methyl sites for hydroxylation is 2. The molecule has 2 saturated heterocycles. The summed E-state index contributed by atoms with van der Waals surface area (Å²) < 4.78 is 10.2. The molecule has 2 fully saturated rings. The molecule has 0 aromatic carbocycles. The Morgan fingerprint density at radius 1 is 1.27 bits per heavy atom. The molecule has 0 amide bonds. The van der Waals surface area contributed by atoms with E-state index in [0.29, 0.717) is 25.9 Å². The Morgan fingerprint density at radius 3 is 2.73 bits per heavy atom. The zero-order chi connectivity index (χ0) is 18.3. The van der Waals surface area contributed by atoms with Gasteiger partial charge in [0.25, 0.3) is 0 Å². The number of hydrogen-bond acceptors (Lipinski definition) is 8. The van der Waals surface area contributed by atoms with Crippen molar-refractivity contribution < 1.29 is 19.1 Å². The molecule has 26 heavy (non-hydrogen) atoms. The van der Waals surface area contributed by atoms with Crippen LogP contribution in [0, 0.1) is 19.8 Å². The molecule has 0 unspecified atom stereocenters. The van der Waals surface area contributed by atoms with E-state index in [1.165, 1.54) is 10.4 Å². The van der Waals surface area contributed by atoms with Crippen LogP contribution in [0.25, 0.3) is 10.2 Å². The highest BCUT2D eigenvalue weighted by molar-refractivity contribution is 7.18. The number of nitrogens with zero attached hydrogens (tertiary/aromatic N) is 3. The van der Waals surface area contributed by atoms with E-state index in [9.17, 15) is 9.59 Å². The lowest BCUT2D eigenvalue weighted by molar-refractivity contribution is -0.163. The second-order valence-corrected chi connectivity index (χ2v) is 8.01. The van der Waals surface area contributed by atoms with Crippen LogP contribution in [-0.4, -0.2) is 47.7 Å². The maximum Gasteiger partial charge on any atom is 0.347 e. The number of ether oxygens (including phenoxy) is 2. The third kappa shape index (κ3) is 3.02. The van der Waals surface area contributed by atoms with E-state index in [2.05, 4.69) is 28.7 Å². The topological polar surface area (TPSA) is 81.6 Å². The van der Waals surface area contributed by atoms with E-state index >= 15 is 0 Å². The summed E-state index contributed by atoms with van der Waals surface area (Å²) >= 11 is 1.68. The Bertz CT molecular complexity index is 857. The number of anilines is 1. The summed E-state index contributed by atoms with van der Waals surface area (Å²) in [5, 5.41) is 1.12. The molecule has 2 aliphatic rings. The second kappa shape index (κ2) is 6.83. The molecule has 8 heteroatoms.